The predicted octanol–water partition coefficient (Wildman–Crippen LogP) is 3.50. The number of rotatable bonds is 15. The van der Waals surface area contributed by atoms with E-state index in [9.17, 15) is 4.79 Å². The molecule has 4 heteroatoms. The molecule has 0 saturated heterocycles. The lowest BCUT2D eigenvalue weighted by atomic mass is 10.1. The molecule has 132 valence electrons. The van der Waals surface area contributed by atoms with Crippen LogP contribution in [0.2, 0.25) is 0 Å². The fourth-order valence-corrected chi connectivity index (χ4v) is 2.07. The van der Waals surface area contributed by atoms with Crippen LogP contribution in [0.5, 0.6) is 0 Å². The third-order valence-corrected chi connectivity index (χ3v) is 3.51. The first-order valence-corrected chi connectivity index (χ1v) is 9.10. The first-order valence-electron chi connectivity index (χ1n) is 9.10. The summed E-state index contributed by atoms with van der Waals surface area (Å²) in [4.78, 5) is 11.6. The molecule has 0 spiro atoms. The summed E-state index contributed by atoms with van der Waals surface area (Å²) in [5.74, 6) is 0.846. The van der Waals surface area contributed by atoms with Crippen LogP contribution in [-0.2, 0) is 9.53 Å². The molecule has 0 saturated carbocycles. The van der Waals surface area contributed by atoms with E-state index in [2.05, 4.69) is 38.3 Å². The zero-order valence-electron chi connectivity index (χ0n) is 15.2. The van der Waals surface area contributed by atoms with E-state index in [4.69, 9.17) is 4.74 Å². The zero-order chi connectivity index (χ0) is 16.6. The number of carbonyl (C=O) groups excluding carboxylic acids is 1. The van der Waals surface area contributed by atoms with Gasteiger partial charge in [0.1, 0.15) is 0 Å². The fraction of sp³-hybridized carbons (Fsp3) is 0.944. The topological polar surface area (TPSA) is 50.4 Å². The maximum Gasteiger partial charge on any atom is 0.220 e. The minimum atomic E-state index is 0.161. The maximum absolute atomic E-state index is 11.6. The van der Waals surface area contributed by atoms with Crippen LogP contribution in [-0.4, -0.2) is 38.3 Å². The number of nitrogens with one attached hydrogen (secondary N) is 2. The Morgan fingerprint density at radius 1 is 0.909 bits per heavy atom. The molecule has 4 nitrogen and oxygen atoms in total. The minimum Gasteiger partial charge on any atom is -0.381 e. The second kappa shape index (κ2) is 15.3. The van der Waals surface area contributed by atoms with E-state index in [1.54, 1.807) is 0 Å². The number of ether oxygens (including phenoxy) is 1. The first kappa shape index (κ1) is 21.4. The van der Waals surface area contributed by atoms with Gasteiger partial charge in [0.2, 0.25) is 5.91 Å². The van der Waals surface area contributed by atoms with Crippen molar-refractivity contribution in [2.75, 3.05) is 26.3 Å². The summed E-state index contributed by atoms with van der Waals surface area (Å²) in [6.45, 7) is 12.1. The van der Waals surface area contributed by atoms with Crippen LogP contribution in [0.25, 0.3) is 0 Å². The van der Waals surface area contributed by atoms with Gasteiger partial charge in [-0.2, -0.15) is 0 Å². The molecule has 22 heavy (non-hydrogen) atoms. The summed E-state index contributed by atoms with van der Waals surface area (Å²) in [5, 5.41) is 6.41. The molecule has 0 aliphatic rings. The number of unbranched alkanes of at least 4 members (excludes halogenated alkanes) is 3. The summed E-state index contributed by atoms with van der Waals surface area (Å²) < 4.78 is 5.51. The van der Waals surface area contributed by atoms with Gasteiger partial charge in [0.15, 0.2) is 0 Å². The number of amides is 1. The van der Waals surface area contributed by atoms with Crippen molar-refractivity contribution in [2.45, 2.75) is 78.7 Å². The van der Waals surface area contributed by atoms with E-state index in [0.29, 0.717) is 25.0 Å². The molecule has 0 fully saturated rings. The van der Waals surface area contributed by atoms with Gasteiger partial charge in [0, 0.05) is 32.2 Å². The van der Waals surface area contributed by atoms with E-state index in [-0.39, 0.29) is 5.91 Å². The van der Waals surface area contributed by atoms with E-state index >= 15 is 0 Å². The normalized spacial score (nSPS) is 11.4. The molecule has 1 amide bonds. The van der Waals surface area contributed by atoms with Gasteiger partial charge in [0.05, 0.1) is 0 Å². The van der Waals surface area contributed by atoms with Crippen molar-refractivity contribution in [2.24, 2.45) is 5.92 Å². The largest absolute Gasteiger partial charge is 0.381 e. The van der Waals surface area contributed by atoms with Gasteiger partial charge in [0.25, 0.3) is 0 Å². The molecule has 0 aromatic rings. The lowest BCUT2D eigenvalue weighted by Gasteiger charge is -2.08. The molecule has 0 rings (SSSR count). The molecule has 0 bridgehead atoms. The average Bonchev–Trinajstić information content (AvgIpc) is 2.44. The van der Waals surface area contributed by atoms with Crippen LogP contribution >= 0.6 is 0 Å². The monoisotopic (exact) mass is 314 g/mol. The van der Waals surface area contributed by atoms with Crippen molar-refractivity contribution >= 4 is 5.91 Å². The summed E-state index contributed by atoms with van der Waals surface area (Å²) in [7, 11) is 0. The van der Waals surface area contributed by atoms with E-state index < -0.39 is 0 Å². The molecule has 0 aliphatic heterocycles. The van der Waals surface area contributed by atoms with Crippen molar-refractivity contribution in [1.29, 1.82) is 0 Å². The SMILES string of the molecule is CC(C)CCOCCCC(=O)NCCCCCCNC(C)C. The molecular formula is C18H38N2O2. The van der Waals surface area contributed by atoms with Crippen molar-refractivity contribution in [1.82, 2.24) is 10.6 Å². The Balaban J connectivity index is 3.19. The molecule has 0 aromatic carbocycles. The summed E-state index contributed by atoms with van der Waals surface area (Å²) >= 11 is 0. The van der Waals surface area contributed by atoms with Crippen molar-refractivity contribution in [3.05, 3.63) is 0 Å². The number of hydrogen-bond donors (Lipinski definition) is 2. The molecule has 0 radical (unpaired) electrons. The smallest absolute Gasteiger partial charge is 0.220 e. The number of hydrogen-bond acceptors (Lipinski definition) is 3. The highest BCUT2D eigenvalue weighted by molar-refractivity contribution is 5.75. The van der Waals surface area contributed by atoms with Crippen LogP contribution in [0.4, 0.5) is 0 Å². The van der Waals surface area contributed by atoms with Gasteiger partial charge in [-0.25, -0.2) is 0 Å². The molecule has 0 atom stereocenters. The Kier molecular flexibility index (Phi) is 14.9. The Labute approximate surface area is 137 Å². The van der Waals surface area contributed by atoms with Crippen molar-refractivity contribution < 1.29 is 9.53 Å². The predicted molar refractivity (Wildman–Crippen MR) is 94.1 cm³/mol. The van der Waals surface area contributed by atoms with Gasteiger partial charge >= 0.3 is 0 Å². The highest BCUT2D eigenvalue weighted by Gasteiger charge is 2.01. The van der Waals surface area contributed by atoms with Crippen molar-refractivity contribution in [3.63, 3.8) is 0 Å². The minimum absolute atomic E-state index is 0.161. The second-order valence-corrected chi connectivity index (χ2v) is 6.77. The highest BCUT2D eigenvalue weighted by Crippen LogP contribution is 2.01. The van der Waals surface area contributed by atoms with E-state index in [1.807, 2.05) is 0 Å². The maximum atomic E-state index is 11.6. The Morgan fingerprint density at radius 3 is 2.23 bits per heavy atom. The van der Waals surface area contributed by atoms with Crippen LogP contribution in [0.15, 0.2) is 0 Å². The lowest BCUT2D eigenvalue weighted by molar-refractivity contribution is -0.121. The summed E-state index contributed by atoms with van der Waals surface area (Å²) in [6.07, 6.45) is 7.24. The van der Waals surface area contributed by atoms with E-state index in [0.717, 1.165) is 39.0 Å². The van der Waals surface area contributed by atoms with Crippen LogP contribution < -0.4 is 10.6 Å². The Morgan fingerprint density at radius 2 is 1.59 bits per heavy atom. The second-order valence-electron chi connectivity index (χ2n) is 6.77. The van der Waals surface area contributed by atoms with Crippen LogP contribution in [0.3, 0.4) is 0 Å². The van der Waals surface area contributed by atoms with Crippen LogP contribution in [0.1, 0.15) is 72.6 Å². The Bertz CT molecular complexity index is 255. The molecule has 0 heterocycles. The average molecular weight is 315 g/mol. The molecular weight excluding hydrogens is 276 g/mol. The van der Waals surface area contributed by atoms with Gasteiger partial charge in [-0.1, -0.05) is 40.5 Å². The summed E-state index contributed by atoms with van der Waals surface area (Å²) in [6, 6.07) is 0.577. The third kappa shape index (κ3) is 17.4. The fourth-order valence-electron chi connectivity index (χ4n) is 2.07. The highest BCUT2D eigenvalue weighted by atomic mass is 16.5. The molecule has 0 unspecified atom stereocenters. The van der Waals surface area contributed by atoms with Gasteiger partial charge in [-0.05, 0) is 38.1 Å². The van der Waals surface area contributed by atoms with E-state index in [1.165, 1.54) is 19.3 Å². The third-order valence-electron chi connectivity index (χ3n) is 3.51. The lowest BCUT2D eigenvalue weighted by Crippen LogP contribution is -2.25. The Hall–Kier alpha value is -0.610. The molecule has 0 aromatic heterocycles. The standard InChI is InChI=1S/C18H38N2O2/c1-16(2)11-15-22-14-9-10-18(21)20-13-8-6-5-7-12-19-17(3)4/h16-17,19H,5-15H2,1-4H3,(H,20,21). The molecule has 2 N–H and O–H groups in total. The quantitative estimate of drug-likeness (QED) is 0.455. The first-order chi connectivity index (χ1) is 10.5. The zero-order valence-corrected chi connectivity index (χ0v) is 15.2. The van der Waals surface area contributed by atoms with Gasteiger partial charge < -0.3 is 15.4 Å². The van der Waals surface area contributed by atoms with Gasteiger partial charge in [-0.15, -0.1) is 0 Å². The van der Waals surface area contributed by atoms with Crippen LogP contribution in [0, 0.1) is 5.92 Å². The van der Waals surface area contributed by atoms with Crippen molar-refractivity contribution in [3.8, 4) is 0 Å². The molecule has 0 aliphatic carbocycles. The van der Waals surface area contributed by atoms with Gasteiger partial charge in [-0.3, -0.25) is 4.79 Å². The summed E-state index contributed by atoms with van der Waals surface area (Å²) in [5.41, 5.74) is 0. The number of carbonyl (C=O) groups is 1.